The molecule has 0 aromatic carbocycles. The summed E-state index contributed by atoms with van der Waals surface area (Å²) in [4.78, 5) is 11.5. The van der Waals surface area contributed by atoms with Gasteiger partial charge in [-0.05, 0) is 31.6 Å². The number of hydrogen-bond acceptors (Lipinski definition) is 2. The number of hydrogen-bond donors (Lipinski definition) is 0. The van der Waals surface area contributed by atoms with E-state index >= 15 is 0 Å². The first-order chi connectivity index (χ1) is 7.21. The lowest BCUT2D eigenvalue weighted by Crippen LogP contribution is -2.51. The van der Waals surface area contributed by atoms with Crippen LogP contribution in [-0.2, 0) is 9.53 Å². The fourth-order valence-electron chi connectivity index (χ4n) is 3.95. The summed E-state index contributed by atoms with van der Waals surface area (Å²) in [7, 11) is 0. The van der Waals surface area contributed by atoms with E-state index in [1.165, 1.54) is 24.8 Å². The van der Waals surface area contributed by atoms with Crippen LogP contribution in [0.4, 0.5) is 0 Å². The van der Waals surface area contributed by atoms with Crippen LogP contribution in [0, 0.1) is 11.8 Å². The minimum Gasteiger partial charge on any atom is -0.458 e. The van der Waals surface area contributed by atoms with Crippen LogP contribution >= 0.6 is 0 Å². The molecule has 3 fully saturated rings. The maximum Gasteiger partial charge on any atom is 0.306 e. The Morgan fingerprint density at radius 3 is 2.93 bits per heavy atom. The van der Waals surface area contributed by atoms with Crippen molar-refractivity contribution in [3.8, 4) is 0 Å². The third-order valence-corrected chi connectivity index (χ3v) is 4.55. The quantitative estimate of drug-likeness (QED) is 0.450. The summed E-state index contributed by atoms with van der Waals surface area (Å²) in [6.07, 6.45) is 7.48. The Labute approximate surface area is 90.7 Å². The van der Waals surface area contributed by atoms with Gasteiger partial charge in [0, 0.05) is 18.8 Å². The van der Waals surface area contributed by atoms with Crippen LogP contribution in [-0.4, -0.2) is 11.6 Å². The molecule has 2 nitrogen and oxygen atoms in total. The minimum absolute atomic E-state index is 0.0212. The first-order valence-corrected chi connectivity index (χ1v) is 6.09. The van der Waals surface area contributed by atoms with E-state index in [0.717, 1.165) is 19.3 Å². The number of carbonyl (C=O) groups excluding carboxylic acids is 1. The van der Waals surface area contributed by atoms with Crippen molar-refractivity contribution in [2.24, 2.45) is 11.8 Å². The van der Waals surface area contributed by atoms with E-state index in [-0.39, 0.29) is 11.6 Å². The Balaban J connectivity index is 1.96. The van der Waals surface area contributed by atoms with Gasteiger partial charge in [-0.3, -0.25) is 4.79 Å². The molecular formula is C13H18O2. The molecule has 15 heavy (non-hydrogen) atoms. The van der Waals surface area contributed by atoms with Crippen LogP contribution in [0.5, 0.6) is 0 Å². The maximum atomic E-state index is 11.5. The first kappa shape index (κ1) is 9.44. The van der Waals surface area contributed by atoms with Gasteiger partial charge in [0.05, 0.1) is 0 Å². The van der Waals surface area contributed by atoms with Gasteiger partial charge in [0.15, 0.2) is 0 Å². The summed E-state index contributed by atoms with van der Waals surface area (Å²) in [5, 5.41) is 0. The maximum absolute atomic E-state index is 11.5. The zero-order valence-corrected chi connectivity index (χ0v) is 9.13. The van der Waals surface area contributed by atoms with Crippen molar-refractivity contribution in [3.05, 3.63) is 12.2 Å². The van der Waals surface area contributed by atoms with Gasteiger partial charge in [0.25, 0.3) is 0 Å². The van der Waals surface area contributed by atoms with Crippen LogP contribution in [0.15, 0.2) is 12.2 Å². The standard InChI is InChI=1S/C13H18O2/c1-9-7-11-4-2-3-10-5-6-12(14)15-13(10,11)8-9/h10-11H,1-8H2/t10-,11+,13+/m1/s1. The molecule has 2 heteroatoms. The third-order valence-electron chi connectivity index (χ3n) is 4.55. The lowest BCUT2D eigenvalue weighted by Gasteiger charge is -2.47. The SMILES string of the molecule is C=C1C[C@@H]2CCC[C@@H]3CCC(=O)O[C@@]32C1. The molecule has 3 atom stereocenters. The normalized spacial score (nSPS) is 44.5. The fourth-order valence-corrected chi connectivity index (χ4v) is 3.95. The predicted molar refractivity (Wildman–Crippen MR) is 57.3 cm³/mol. The molecular weight excluding hydrogens is 188 g/mol. The van der Waals surface area contributed by atoms with E-state index in [1.54, 1.807) is 0 Å². The van der Waals surface area contributed by atoms with E-state index < -0.39 is 0 Å². The molecule has 1 heterocycles. The van der Waals surface area contributed by atoms with Gasteiger partial charge < -0.3 is 4.74 Å². The summed E-state index contributed by atoms with van der Waals surface area (Å²) in [5.41, 5.74) is 1.17. The number of esters is 1. The predicted octanol–water partition coefficient (Wildman–Crippen LogP) is 2.83. The van der Waals surface area contributed by atoms with Gasteiger partial charge in [-0.1, -0.05) is 18.6 Å². The molecule has 1 spiro atoms. The third kappa shape index (κ3) is 1.27. The molecule has 3 rings (SSSR count). The van der Waals surface area contributed by atoms with Crippen molar-refractivity contribution in [1.82, 2.24) is 0 Å². The Morgan fingerprint density at radius 1 is 1.27 bits per heavy atom. The van der Waals surface area contributed by atoms with Crippen molar-refractivity contribution in [2.45, 2.75) is 50.5 Å². The van der Waals surface area contributed by atoms with Crippen molar-refractivity contribution < 1.29 is 9.53 Å². The van der Waals surface area contributed by atoms with Crippen LogP contribution in [0.25, 0.3) is 0 Å². The van der Waals surface area contributed by atoms with Gasteiger partial charge in [-0.25, -0.2) is 0 Å². The summed E-state index contributed by atoms with van der Waals surface area (Å²) in [6, 6.07) is 0. The highest BCUT2D eigenvalue weighted by molar-refractivity contribution is 5.71. The molecule has 82 valence electrons. The van der Waals surface area contributed by atoms with Gasteiger partial charge >= 0.3 is 5.97 Å². The van der Waals surface area contributed by atoms with Crippen molar-refractivity contribution in [2.75, 3.05) is 0 Å². The first-order valence-electron chi connectivity index (χ1n) is 6.09. The van der Waals surface area contributed by atoms with Gasteiger partial charge in [-0.2, -0.15) is 0 Å². The van der Waals surface area contributed by atoms with Crippen LogP contribution in [0.3, 0.4) is 0 Å². The van der Waals surface area contributed by atoms with E-state index in [4.69, 9.17) is 4.74 Å². The van der Waals surface area contributed by atoms with E-state index in [1.807, 2.05) is 0 Å². The minimum atomic E-state index is -0.120. The molecule has 0 aromatic heterocycles. The second-order valence-electron chi connectivity index (χ2n) is 5.42. The summed E-state index contributed by atoms with van der Waals surface area (Å²) in [6.45, 7) is 4.10. The highest BCUT2D eigenvalue weighted by Gasteiger charge is 2.55. The molecule has 0 unspecified atom stereocenters. The lowest BCUT2D eigenvalue weighted by molar-refractivity contribution is -0.188. The molecule has 2 saturated carbocycles. The van der Waals surface area contributed by atoms with Crippen LogP contribution in [0.1, 0.15) is 44.9 Å². The largest absolute Gasteiger partial charge is 0.458 e. The van der Waals surface area contributed by atoms with Crippen molar-refractivity contribution >= 4 is 5.97 Å². The average Bonchev–Trinajstić information content (AvgIpc) is 2.50. The topological polar surface area (TPSA) is 26.3 Å². The monoisotopic (exact) mass is 206 g/mol. The molecule has 1 aliphatic heterocycles. The zero-order chi connectivity index (χ0) is 10.5. The fraction of sp³-hybridized carbons (Fsp3) is 0.769. The van der Waals surface area contributed by atoms with Gasteiger partial charge in [0.2, 0.25) is 0 Å². The molecule has 1 saturated heterocycles. The molecule has 0 bridgehead atoms. The molecule has 0 radical (unpaired) electrons. The van der Waals surface area contributed by atoms with Crippen LogP contribution in [0.2, 0.25) is 0 Å². The van der Waals surface area contributed by atoms with E-state index in [9.17, 15) is 4.79 Å². The second-order valence-corrected chi connectivity index (χ2v) is 5.42. The summed E-state index contributed by atoms with van der Waals surface area (Å²) >= 11 is 0. The van der Waals surface area contributed by atoms with Gasteiger partial charge in [-0.15, -0.1) is 0 Å². The zero-order valence-electron chi connectivity index (χ0n) is 9.13. The molecule has 0 amide bonds. The van der Waals surface area contributed by atoms with Crippen molar-refractivity contribution in [3.63, 3.8) is 0 Å². The van der Waals surface area contributed by atoms with Crippen molar-refractivity contribution in [1.29, 1.82) is 0 Å². The molecule has 0 N–H and O–H groups in total. The molecule has 3 aliphatic rings. The van der Waals surface area contributed by atoms with Gasteiger partial charge in [0.1, 0.15) is 5.60 Å². The van der Waals surface area contributed by atoms with E-state index in [0.29, 0.717) is 18.3 Å². The highest BCUT2D eigenvalue weighted by atomic mass is 16.6. The average molecular weight is 206 g/mol. The molecule has 0 aromatic rings. The summed E-state index contributed by atoms with van der Waals surface area (Å²) < 4.78 is 5.77. The number of carbonyl (C=O) groups is 1. The Bertz CT molecular complexity index is 318. The summed E-state index contributed by atoms with van der Waals surface area (Å²) in [5.74, 6) is 1.22. The highest BCUT2D eigenvalue weighted by Crippen LogP contribution is 2.55. The Hall–Kier alpha value is -0.790. The second kappa shape index (κ2) is 3.10. The Morgan fingerprint density at radius 2 is 2.07 bits per heavy atom. The number of ether oxygens (including phenoxy) is 1. The molecule has 2 aliphatic carbocycles. The Kier molecular flexibility index (Phi) is 1.95. The van der Waals surface area contributed by atoms with Crippen LogP contribution < -0.4 is 0 Å². The smallest absolute Gasteiger partial charge is 0.306 e. The lowest BCUT2D eigenvalue weighted by atomic mass is 9.67. The van der Waals surface area contributed by atoms with E-state index in [2.05, 4.69) is 6.58 Å². The number of rotatable bonds is 0.